The molecule has 1 aromatic carbocycles. The number of aryl methyl sites for hydroxylation is 1. The van der Waals surface area contributed by atoms with E-state index in [-0.39, 0.29) is 11.9 Å². The van der Waals surface area contributed by atoms with Crippen molar-refractivity contribution in [2.45, 2.75) is 37.2 Å². The lowest BCUT2D eigenvalue weighted by Crippen LogP contribution is -2.40. The molecule has 1 amide bonds. The maximum absolute atomic E-state index is 13.1. The van der Waals surface area contributed by atoms with Crippen LogP contribution in [-0.4, -0.2) is 29.7 Å². The van der Waals surface area contributed by atoms with Gasteiger partial charge in [0, 0.05) is 37.1 Å². The second-order valence-electron chi connectivity index (χ2n) is 6.29. The SMILES string of the molecule is CC1c2cccn2CCN1S(=O)(=O)c1ccc2c(c1)CCC(=O)N2. The molecule has 3 heterocycles. The van der Waals surface area contributed by atoms with Crippen LogP contribution in [0.4, 0.5) is 5.69 Å². The Balaban J connectivity index is 1.70. The van der Waals surface area contributed by atoms with E-state index >= 15 is 0 Å². The van der Waals surface area contributed by atoms with Gasteiger partial charge >= 0.3 is 0 Å². The van der Waals surface area contributed by atoms with Gasteiger partial charge in [0.25, 0.3) is 0 Å². The minimum atomic E-state index is -3.57. The molecule has 24 heavy (non-hydrogen) atoms. The molecule has 0 bridgehead atoms. The molecule has 4 rings (SSSR count). The van der Waals surface area contributed by atoms with Gasteiger partial charge in [0.15, 0.2) is 0 Å². The van der Waals surface area contributed by atoms with E-state index in [4.69, 9.17) is 0 Å². The van der Waals surface area contributed by atoms with Crippen molar-refractivity contribution in [2.24, 2.45) is 0 Å². The van der Waals surface area contributed by atoms with Gasteiger partial charge in [-0.1, -0.05) is 0 Å². The third kappa shape index (κ3) is 2.35. The second-order valence-corrected chi connectivity index (χ2v) is 8.18. The Hall–Kier alpha value is -2.12. The monoisotopic (exact) mass is 345 g/mol. The predicted molar refractivity (Wildman–Crippen MR) is 90.1 cm³/mol. The van der Waals surface area contributed by atoms with Crippen LogP contribution < -0.4 is 5.32 Å². The first-order valence-electron chi connectivity index (χ1n) is 8.06. The molecule has 0 radical (unpaired) electrons. The van der Waals surface area contributed by atoms with Crippen molar-refractivity contribution < 1.29 is 13.2 Å². The summed E-state index contributed by atoms with van der Waals surface area (Å²) >= 11 is 0. The number of amides is 1. The largest absolute Gasteiger partial charge is 0.349 e. The van der Waals surface area contributed by atoms with E-state index < -0.39 is 10.0 Å². The summed E-state index contributed by atoms with van der Waals surface area (Å²) in [5, 5.41) is 2.79. The van der Waals surface area contributed by atoms with Crippen molar-refractivity contribution in [3.05, 3.63) is 47.8 Å². The lowest BCUT2D eigenvalue weighted by atomic mass is 10.0. The van der Waals surface area contributed by atoms with Gasteiger partial charge in [-0.2, -0.15) is 4.31 Å². The van der Waals surface area contributed by atoms with Crippen molar-refractivity contribution in [3.63, 3.8) is 0 Å². The zero-order valence-electron chi connectivity index (χ0n) is 13.4. The first-order valence-corrected chi connectivity index (χ1v) is 9.50. The summed E-state index contributed by atoms with van der Waals surface area (Å²) in [5.74, 6) is -0.0245. The number of aromatic nitrogens is 1. The third-order valence-electron chi connectivity index (χ3n) is 4.86. The minimum Gasteiger partial charge on any atom is -0.349 e. The van der Waals surface area contributed by atoms with Crippen LogP contribution in [0.5, 0.6) is 0 Å². The van der Waals surface area contributed by atoms with Crippen LogP contribution in [0.1, 0.15) is 30.6 Å². The van der Waals surface area contributed by atoms with Gasteiger partial charge in [-0.15, -0.1) is 0 Å². The smallest absolute Gasteiger partial charge is 0.243 e. The fourth-order valence-electron chi connectivity index (χ4n) is 3.54. The molecule has 1 aromatic heterocycles. The molecule has 1 unspecified atom stereocenters. The summed E-state index contributed by atoms with van der Waals surface area (Å²) in [6, 6.07) is 8.69. The zero-order chi connectivity index (χ0) is 16.9. The van der Waals surface area contributed by atoms with E-state index in [0.29, 0.717) is 36.5 Å². The van der Waals surface area contributed by atoms with Gasteiger partial charge in [0.2, 0.25) is 15.9 Å². The van der Waals surface area contributed by atoms with Crippen molar-refractivity contribution >= 4 is 21.6 Å². The summed E-state index contributed by atoms with van der Waals surface area (Å²) in [6.45, 7) is 3.03. The molecule has 126 valence electrons. The van der Waals surface area contributed by atoms with Gasteiger partial charge in [-0.05, 0) is 49.2 Å². The first-order chi connectivity index (χ1) is 11.5. The Kier molecular flexibility index (Phi) is 3.51. The van der Waals surface area contributed by atoms with E-state index in [1.165, 1.54) is 0 Å². The number of nitrogens with one attached hydrogen (secondary N) is 1. The average Bonchev–Trinajstić information content (AvgIpc) is 3.04. The molecule has 6 nitrogen and oxygen atoms in total. The molecule has 0 saturated heterocycles. The van der Waals surface area contributed by atoms with Gasteiger partial charge in [-0.3, -0.25) is 4.79 Å². The molecule has 2 aliphatic rings. The Morgan fingerprint density at radius 2 is 2.00 bits per heavy atom. The molecule has 0 fully saturated rings. The number of fused-ring (bicyclic) bond motifs is 2. The molecule has 0 saturated carbocycles. The van der Waals surface area contributed by atoms with Gasteiger partial charge in [0.1, 0.15) is 0 Å². The van der Waals surface area contributed by atoms with E-state index in [1.54, 1.807) is 22.5 Å². The van der Waals surface area contributed by atoms with Gasteiger partial charge in [0.05, 0.1) is 10.9 Å². The van der Waals surface area contributed by atoms with Crippen molar-refractivity contribution in [3.8, 4) is 0 Å². The molecular weight excluding hydrogens is 326 g/mol. The normalized spacial score (nSPS) is 21.0. The number of sulfonamides is 1. The summed E-state index contributed by atoms with van der Waals surface area (Å²) in [7, 11) is -3.57. The summed E-state index contributed by atoms with van der Waals surface area (Å²) in [4.78, 5) is 11.7. The number of hydrogen-bond acceptors (Lipinski definition) is 3. The summed E-state index contributed by atoms with van der Waals surface area (Å²) < 4.78 is 29.9. The Bertz CT molecular complexity index is 917. The Labute approximate surface area is 141 Å². The molecular formula is C17H19N3O3S. The maximum atomic E-state index is 13.1. The number of benzene rings is 1. The van der Waals surface area contributed by atoms with Gasteiger partial charge in [-0.25, -0.2) is 8.42 Å². The molecule has 0 aliphatic carbocycles. The third-order valence-corrected chi connectivity index (χ3v) is 6.83. The average molecular weight is 345 g/mol. The molecule has 0 spiro atoms. The number of rotatable bonds is 2. The molecule has 2 aromatic rings. The summed E-state index contributed by atoms with van der Waals surface area (Å²) in [5.41, 5.74) is 2.60. The highest BCUT2D eigenvalue weighted by Crippen LogP contribution is 2.33. The minimum absolute atomic E-state index is 0.0245. The predicted octanol–water partition coefficient (Wildman–Crippen LogP) is 2.14. The highest BCUT2D eigenvalue weighted by atomic mass is 32.2. The van der Waals surface area contributed by atoms with Gasteiger partial charge < -0.3 is 9.88 Å². The van der Waals surface area contributed by atoms with Crippen LogP contribution in [0.3, 0.4) is 0 Å². The lowest BCUT2D eigenvalue weighted by molar-refractivity contribution is -0.116. The fourth-order valence-corrected chi connectivity index (χ4v) is 5.19. The van der Waals surface area contributed by atoms with E-state index in [9.17, 15) is 13.2 Å². The highest BCUT2D eigenvalue weighted by Gasteiger charge is 2.34. The maximum Gasteiger partial charge on any atom is 0.243 e. The first kappa shape index (κ1) is 15.4. The molecule has 1 atom stereocenters. The number of hydrogen-bond donors (Lipinski definition) is 1. The standard InChI is InChI=1S/C17H19N3O3S/c1-12-16-3-2-8-19(16)9-10-20(12)24(22,23)14-5-6-15-13(11-14)4-7-17(21)18-15/h2-3,5-6,8,11-12H,4,7,9-10H2,1H3,(H,18,21). The van der Waals surface area contributed by atoms with Crippen LogP contribution in [0, 0.1) is 0 Å². The highest BCUT2D eigenvalue weighted by molar-refractivity contribution is 7.89. The van der Waals surface area contributed by atoms with Crippen LogP contribution in [-0.2, 0) is 27.8 Å². The van der Waals surface area contributed by atoms with E-state index in [2.05, 4.69) is 9.88 Å². The van der Waals surface area contributed by atoms with Crippen molar-refractivity contribution in [2.75, 3.05) is 11.9 Å². The Morgan fingerprint density at radius 1 is 1.17 bits per heavy atom. The van der Waals surface area contributed by atoms with Crippen molar-refractivity contribution in [1.82, 2.24) is 8.87 Å². The number of anilines is 1. The number of nitrogens with zero attached hydrogens (tertiary/aromatic N) is 2. The zero-order valence-corrected chi connectivity index (χ0v) is 14.2. The van der Waals surface area contributed by atoms with Crippen LogP contribution >= 0.6 is 0 Å². The van der Waals surface area contributed by atoms with E-state index in [1.807, 2.05) is 25.3 Å². The van der Waals surface area contributed by atoms with Crippen LogP contribution in [0.2, 0.25) is 0 Å². The topological polar surface area (TPSA) is 71.4 Å². The van der Waals surface area contributed by atoms with Crippen LogP contribution in [0.25, 0.3) is 0 Å². The molecule has 7 heteroatoms. The van der Waals surface area contributed by atoms with Crippen molar-refractivity contribution in [1.29, 1.82) is 0 Å². The Morgan fingerprint density at radius 3 is 2.83 bits per heavy atom. The molecule has 1 N–H and O–H groups in total. The van der Waals surface area contributed by atoms with Crippen LogP contribution in [0.15, 0.2) is 41.4 Å². The van der Waals surface area contributed by atoms with E-state index in [0.717, 1.165) is 11.3 Å². The number of carbonyl (C=O) groups is 1. The summed E-state index contributed by atoms with van der Waals surface area (Å²) in [6.07, 6.45) is 2.95. The number of carbonyl (C=O) groups excluding carboxylic acids is 1. The second kappa shape index (κ2) is 5.46. The quantitative estimate of drug-likeness (QED) is 0.906. The lowest BCUT2D eigenvalue weighted by Gasteiger charge is -2.34. The molecule has 2 aliphatic heterocycles. The fraction of sp³-hybridized carbons (Fsp3) is 0.353.